The third-order valence-electron chi connectivity index (χ3n) is 2.91. The van der Waals surface area contributed by atoms with Crippen molar-refractivity contribution in [3.63, 3.8) is 0 Å². The quantitative estimate of drug-likeness (QED) is 0.793. The average molecular weight is 291 g/mol. The van der Waals surface area contributed by atoms with Gasteiger partial charge in [-0.05, 0) is 6.07 Å². The van der Waals surface area contributed by atoms with E-state index in [0.717, 1.165) is 31.6 Å². The molecule has 0 N–H and O–H groups in total. The monoisotopic (exact) mass is 290 g/mol. The highest BCUT2D eigenvalue weighted by Gasteiger charge is 2.20. The van der Waals surface area contributed by atoms with Gasteiger partial charge >= 0.3 is 0 Å². The van der Waals surface area contributed by atoms with Crippen LogP contribution in [0.25, 0.3) is 0 Å². The standard InChI is InChI=1S/C13H16Cl2O3/c1-16-12-7-10(15)6-9(8-14)13(12)18-11-2-4-17-5-3-11/h6-7,11H,2-5,8H2,1H3. The Morgan fingerprint density at radius 2 is 2.06 bits per heavy atom. The second-order valence-electron chi connectivity index (χ2n) is 4.16. The van der Waals surface area contributed by atoms with Gasteiger partial charge in [0.05, 0.1) is 26.2 Å². The summed E-state index contributed by atoms with van der Waals surface area (Å²) < 4.78 is 16.6. The summed E-state index contributed by atoms with van der Waals surface area (Å²) >= 11 is 11.9. The summed E-state index contributed by atoms with van der Waals surface area (Å²) in [5.74, 6) is 1.67. The normalized spacial score (nSPS) is 16.6. The molecule has 1 aliphatic rings. The second kappa shape index (κ2) is 6.50. The molecule has 1 aliphatic heterocycles. The van der Waals surface area contributed by atoms with Crippen LogP contribution in [0.4, 0.5) is 0 Å². The predicted molar refractivity (Wildman–Crippen MR) is 72.0 cm³/mol. The van der Waals surface area contributed by atoms with Crippen LogP contribution in [-0.2, 0) is 10.6 Å². The molecule has 100 valence electrons. The summed E-state index contributed by atoms with van der Waals surface area (Å²) in [6, 6.07) is 3.55. The lowest BCUT2D eigenvalue weighted by atomic mass is 10.1. The van der Waals surface area contributed by atoms with Crippen LogP contribution in [0.5, 0.6) is 11.5 Å². The van der Waals surface area contributed by atoms with Gasteiger partial charge in [-0.3, -0.25) is 0 Å². The van der Waals surface area contributed by atoms with Crippen molar-refractivity contribution in [2.24, 2.45) is 0 Å². The molecular formula is C13H16Cl2O3. The number of halogens is 2. The van der Waals surface area contributed by atoms with Gasteiger partial charge in [0, 0.05) is 29.5 Å². The van der Waals surface area contributed by atoms with Crippen LogP contribution in [0.2, 0.25) is 5.02 Å². The summed E-state index contributed by atoms with van der Waals surface area (Å²) in [5.41, 5.74) is 0.854. The Kier molecular flexibility index (Phi) is 4.98. The van der Waals surface area contributed by atoms with E-state index in [1.54, 1.807) is 13.2 Å². The third kappa shape index (κ3) is 3.22. The predicted octanol–water partition coefficient (Wildman–Crippen LogP) is 3.65. The van der Waals surface area contributed by atoms with Crippen LogP contribution in [0, 0.1) is 0 Å². The highest BCUT2D eigenvalue weighted by Crippen LogP contribution is 2.37. The van der Waals surface area contributed by atoms with E-state index in [9.17, 15) is 0 Å². The van der Waals surface area contributed by atoms with Crippen molar-refractivity contribution in [3.05, 3.63) is 22.7 Å². The van der Waals surface area contributed by atoms with E-state index in [-0.39, 0.29) is 6.10 Å². The molecule has 0 spiro atoms. The maximum absolute atomic E-state index is 6.01. The van der Waals surface area contributed by atoms with Crippen molar-refractivity contribution in [2.75, 3.05) is 20.3 Å². The zero-order valence-electron chi connectivity index (χ0n) is 10.2. The van der Waals surface area contributed by atoms with E-state index < -0.39 is 0 Å². The molecule has 0 atom stereocenters. The van der Waals surface area contributed by atoms with Crippen molar-refractivity contribution >= 4 is 23.2 Å². The van der Waals surface area contributed by atoms with Gasteiger partial charge in [0.25, 0.3) is 0 Å². The molecule has 0 saturated carbocycles. The van der Waals surface area contributed by atoms with Gasteiger partial charge in [-0.15, -0.1) is 11.6 Å². The molecule has 1 saturated heterocycles. The number of alkyl halides is 1. The van der Waals surface area contributed by atoms with Gasteiger partial charge in [-0.25, -0.2) is 0 Å². The first-order valence-corrected chi connectivity index (χ1v) is 6.82. The fourth-order valence-electron chi connectivity index (χ4n) is 1.97. The van der Waals surface area contributed by atoms with Gasteiger partial charge in [0.15, 0.2) is 11.5 Å². The number of rotatable bonds is 4. The van der Waals surface area contributed by atoms with Crippen molar-refractivity contribution in [1.29, 1.82) is 0 Å². The molecule has 0 unspecified atom stereocenters. The zero-order valence-corrected chi connectivity index (χ0v) is 11.8. The van der Waals surface area contributed by atoms with E-state index >= 15 is 0 Å². The number of hydrogen-bond donors (Lipinski definition) is 0. The molecule has 0 bridgehead atoms. The lowest BCUT2D eigenvalue weighted by molar-refractivity contribution is 0.0242. The molecule has 0 radical (unpaired) electrons. The zero-order chi connectivity index (χ0) is 13.0. The van der Waals surface area contributed by atoms with Crippen molar-refractivity contribution in [2.45, 2.75) is 24.8 Å². The Bertz CT molecular complexity index is 378. The number of ether oxygens (including phenoxy) is 3. The fraction of sp³-hybridized carbons (Fsp3) is 0.538. The lowest BCUT2D eigenvalue weighted by Crippen LogP contribution is -2.26. The van der Waals surface area contributed by atoms with E-state index in [1.807, 2.05) is 6.07 Å². The van der Waals surface area contributed by atoms with Gasteiger partial charge in [-0.2, -0.15) is 0 Å². The Hall–Kier alpha value is -0.640. The van der Waals surface area contributed by atoms with E-state index in [0.29, 0.717) is 22.4 Å². The molecule has 1 fully saturated rings. The van der Waals surface area contributed by atoms with E-state index in [2.05, 4.69) is 0 Å². The molecule has 1 aromatic rings. The number of benzene rings is 1. The summed E-state index contributed by atoms with van der Waals surface area (Å²) in [6.45, 7) is 1.47. The largest absolute Gasteiger partial charge is 0.493 e. The Morgan fingerprint density at radius 1 is 1.33 bits per heavy atom. The maximum Gasteiger partial charge on any atom is 0.166 e. The first-order chi connectivity index (χ1) is 8.74. The van der Waals surface area contributed by atoms with Crippen molar-refractivity contribution < 1.29 is 14.2 Å². The average Bonchev–Trinajstić information content (AvgIpc) is 2.41. The molecule has 3 nitrogen and oxygen atoms in total. The van der Waals surface area contributed by atoms with Crippen LogP contribution in [-0.4, -0.2) is 26.4 Å². The molecular weight excluding hydrogens is 275 g/mol. The highest BCUT2D eigenvalue weighted by atomic mass is 35.5. The first kappa shape index (κ1) is 13.8. The minimum absolute atomic E-state index is 0.149. The third-order valence-corrected chi connectivity index (χ3v) is 3.42. The van der Waals surface area contributed by atoms with Gasteiger partial charge in [0.1, 0.15) is 6.10 Å². The summed E-state index contributed by atoms with van der Waals surface area (Å²) in [7, 11) is 1.60. The minimum Gasteiger partial charge on any atom is -0.493 e. The molecule has 0 aromatic heterocycles. The number of methoxy groups -OCH3 is 1. The van der Waals surface area contributed by atoms with Gasteiger partial charge < -0.3 is 14.2 Å². The topological polar surface area (TPSA) is 27.7 Å². The summed E-state index contributed by atoms with van der Waals surface area (Å²) in [5, 5.41) is 0.599. The van der Waals surface area contributed by atoms with Crippen LogP contribution < -0.4 is 9.47 Å². The molecule has 0 amide bonds. The fourth-order valence-corrected chi connectivity index (χ4v) is 2.40. The minimum atomic E-state index is 0.149. The highest BCUT2D eigenvalue weighted by molar-refractivity contribution is 6.31. The molecule has 1 heterocycles. The van der Waals surface area contributed by atoms with Crippen LogP contribution in [0.15, 0.2) is 12.1 Å². The number of hydrogen-bond acceptors (Lipinski definition) is 3. The lowest BCUT2D eigenvalue weighted by Gasteiger charge is -2.25. The molecule has 18 heavy (non-hydrogen) atoms. The SMILES string of the molecule is COc1cc(Cl)cc(CCl)c1OC1CCOCC1. The second-order valence-corrected chi connectivity index (χ2v) is 4.86. The van der Waals surface area contributed by atoms with Crippen LogP contribution >= 0.6 is 23.2 Å². The van der Waals surface area contributed by atoms with Crippen molar-refractivity contribution in [3.8, 4) is 11.5 Å². The van der Waals surface area contributed by atoms with Gasteiger partial charge in [-0.1, -0.05) is 11.6 Å². The van der Waals surface area contributed by atoms with E-state index in [1.165, 1.54) is 0 Å². The Balaban J connectivity index is 2.23. The van der Waals surface area contributed by atoms with Crippen LogP contribution in [0.3, 0.4) is 0 Å². The smallest absolute Gasteiger partial charge is 0.166 e. The first-order valence-electron chi connectivity index (χ1n) is 5.91. The molecule has 0 aliphatic carbocycles. The van der Waals surface area contributed by atoms with E-state index in [4.69, 9.17) is 37.4 Å². The molecule has 2 rings (SSSR count). The molecule has 1 aromatic carbocycles. The Morgan fingerprint density at radius 3 is 2.67 bits per heavy atom. The van der Waals surface area contributed by atoms with Gasteiger partial charge in [0.2, 0.25) is 0 Å². The Labute approximate surface area is 117 Å². The summed E-state index contributed by atoms with van der Waals surface area (Å²) in [4.78, 5) is 0. The maximum atomic E-state index is 6.01. The van der Waals surface area contributed by atoms with Crippen LogP contribution in [0.1, 0.15) is 18.4 Å². The van der Waals surface area contributed by atoms with Crippen molar-refractivity contribution in [1.82, 2.24) is 0 Å². The molecule has 5 heteroatoms. The summed E-state index contributed by atoms with van der Waals surface area (Å²) in [6.07, 6.45) is 1.91.